The molecule has 0 heterocycles. The third-order valence-electron chi connectivity index (χ3n) is 5.86. The average molecular weight is 536 g/mol. The Morgan fingerprint density at radius 1 is 1.06 bits per heavy atom. The fourth-order valence-corrected chi connectivity index (χ4v) is 5.08. The number of rotatable bonds is 9. The predicted octanol–water partition coefficient (Wildman–Crippen LogP) is 3.69. The standard InChI is InChI=1S/C24H30BrN3O4S/c1-18(24(30)26-21-8-6-7-9-21)27(16-19-12-14-20(25)15-13-19)23(29)17-28(33(2,31)32)22-10-4-3-5-11-22/h3-5,10-15,18,21H,6-9,16-17H2,1-2H3,(H,26,30). The molecule has 0 spiro atoms. The highest BCUT2D eigenvalue weighted by molar-refractivity contribution is 9.10. The number of hydrogen-bond donors (Lipinski definition) is 1. The first-order valence-corrected chi connectivity index (χ1v) is 13.7. The maximum Gasteiger partial charge on any atom is 0.244 e. The SMILES string of the molecule is CC(C(=O)NC1CCCC1)N(Cc1ccc(Br)cc1)C(=O)CN(c1ccccc1)S(C)(=O)=O. The van der Waals surface area contributed by atoms with Crippen molar-refractivity contribution < 1.29 is 18.0 Å². The molecule has 2 aromatic rings. The Labute approximate surface area is 204 Å². The third-order valence-corrected chi connectivity index (χ3v) is 7.53. The van der Waals surface area contributed by atoms with Gasteiger partial charge in [0, 0.05) is 17.1 Å². The molecule has 33 heavy (non-hydrogen) atoms. The Hall–Kier alpha value is -2.39. The molecule has 0 aromatic heterocycles. The average Bonchev–Trinajstić information content (AvgIpc) is 3.29. The third kappa shape index (κ3) is 7.04. The molecule has 2 amide bonds. The van der Waals surface area contributed by atoms with Gasteiger partial charge in [-0.05, 0) is 49.6 Å². The van der Waals surface area contributed by atoms with Gasteiger partial charge in [0.15, 0.2) is 0 Å². The van der Waals surface area contributed by atoms with Crippen molar-refractivity contribution in [1.29, 1.82) is 0 Å². The second-order valence-corrected chi connectivity index (χ2v) is 11.2. The van der Waals surface area contributed by atoms with Crippen LogP contribution in [0, 0.1) is 0 Å². The zero-order valence-electron chi connectivity index (χ0n) is 18.9. The number of nitrogens with zero attached hydrogens (tertiary/aromatic N) is 2. The number of nitrogens with one attached hydrogen (secondary N) is 1. The van der Waals surface area contributed by atoms with Crippen molar-refractivity contribution in [3.63, 3.8) is 0 Å². The first-order chi connectivity index (χ1) is 15.6. The molecule has 0 radical (unpaired) electrons. The van der Waals surface area contributed by atoms with E-state index in [2.05, 4.69) is 21.2 Å². The van der Waals surface area contributed by atoms with Crippen LogP contribution in [0.15, 0.2) is 59.1 Å². The van der Waals surface area contributed by atoms with Crippen molar-refractivity contribution in [1.82, 2.24) is 10.2 Å². The Bertz CT molecular complexity index is 1050. The first-order valence-electron chi connectivity index (χ1n) is 11.0. The summed E-state index contributed by atoms with van der Waals surface area (Å²) in [6.45, 7) is 1.49. The van der Waals surface area contributed by atoms with Gasteiger partial charge in [-0.1, -0.05) is 59.1 Å². The molecule has 1 atom stereocenters. The van der Waals surface area contributed by atoms with Crippen molar-refractivity contribution in [2.24, 2.45) is 0 Å². The van der Waals surface area contributed by atoms with Gasteiger partial charge in [0.2, 0.25) is 21.8 Å². The lowest BCUT2D eigenvalue weighted by molar-refractivity contribution is -0.139. The van der Waals surface area contributed by atoms with Crippen LogP contribution in [0.1, 0.15) is 38.2 Å². The van der Waals surface area contributed by atoms with Gasteiger partial charge in [-0.3, -0.25) is 13.9 Å². The van der Waals surface area contributed by atoms with Gasteiger partial charge >= 0.3 is 0 Å². The maximum atomic E-state index is 13.5. The van der Waals surface area contributed by atoms with Gasteiger partial charge in [-0.2, -0.15) is 0 Å². The van der Waals surface area contributed by atoms with Crippen molar-refractivity contribution in [3.05, 3.63) is 64.6 Å². The number of anilines is 1. The molecule has 7 nitrogen and oxygen atoms in total. The van der Waals surface area contributed by atoms with Gasteiger partial charge in [0.1, 0.15) is 12.6 Å². The Balaban J connectivity index is 1.85. The zero-order chi connectivity index (χ0) is 24.0. The summed E-state index contributed by atoms with van der Waals surface area (Å²) in [5, 5.41) is 3.05. The number of sulfonamides is 1. The largest absolute Gasteiger partial charge is 0.352 e. The van der Waals surface area contributed by atoms with E-state index in [9.17, 15) is 18.0 Å². The maximum absolute atomic E-state index is 13.5. The van der Waals surface area contributed by atoms with Gasteiger partial charge < -0.3 is 10.2 Å². The smallest absolute Gasteiger partial charge is 0.244 e. The highest BCUT2D eigenvalue weighted by atomic mass is 79.9. The number of amides is 2. The normalized spacial score (nSPS) is 15.1. The second kappa shape index (κ2) is 11.2. The van der Waals surface area contributed by atoms with E-state index in [4.69, 9.17) is 0 Å². The van der Waals surface area contributed by atoms with Crippen molar-refractivity contribution in [2.75, 3.05) is 17.1 Å². The number of carbonyl (C=O) groups excluding carboxylic acids is 2. The number of carbonyl (C=O) groups is 2. The van der Waals surface area contributed by atoms with Crippen LogP contribution in [-0.4, -0.2) is 50.0 Å². The van der Waals surface area contributed by atoms with Gasteiger partial charge in [0.25, 0.3) is 0 Å². The van der Waals surface area contributed by atoms with Crippen molar-refractivity contribution in [2.45, 2.75) is 51.2 Å². The molecule has 1 fully saturated rings. The van der Waals surface area contributed by atoms with Gasteiger partial charge in [0.05, 0.1) is 11.9 Å². The molecule has 1 aliphatic rings. The van der Waals surface area contributed by atoms with E-state index in [0.717, 1.165) is 46.3 Å². The van der Waals surface area contributed by atoms with Crippen LogP contribution < -0.4 is 9.62 Å². The number of benzene rings is 2. The highest BCUT2D eigenvalue weighted by Gasteiger charge is 2.31. The molecule has 0 aliphatic heterocycles. The van der Waals surface area contributed by atoms with Crippen molar-refractivity contribution in [3.8, 4) is 0 Å². The number of para-hydroxylation sites is 1. The molecule has 1 unspecified atom stereocenters. The zero-order valence-corrected chi connectivity index (χ0v) is 21.3. The van der Waals surface area contributed by atoms with Gasteiger partial charge in [-0.25, -0.2) is 8.42 Å². The van der Waals surface area contributed by atoms with E-state index in [1.54, 1.807) is 37.3 Å². The van der Waals surface area contributed by atoms with E-state index in [1.807, 2.05) is 24.3 Å². The molecule has 0 saturated heterocycles. The molecular formula is C24H30BrN3O4S. The molecule has 0 bridgehead atoms. The summed E-state index contributed by atoms with van der Waals surface area (Å²) < 4.78 is 27.0. The summed E-state index contributed by atoms with van der Waals surface area (Å²) >= 11 is 3.40. The van der Waals surface area contributed by atoms with Gasteiger partial charge in [-0.15, -0.1) is 0 Å². The van der Waals surface area contributed by atoms with Crippen LogP contribution in [0.4, 0.5) is 5.69 Å². The Morgan fingerprint density at radius 2 is 1.67 bits per heavy atom. The van der Waals surface area contributed by atoms with E-state index < -0.39 is 22.0 Å². The monoisotopic (exact) mass is 535 g/mol. The van der Waals surface area contributed by atoms with Crippen LogP contribution in [0.5, 0.6) is 0 Å². The molecule has 1 aliphatic carbocycles. The lowest BCUT2D eigenvalue weighted by atomic mass is 10.1. The lowest BCUT2D eigenvalue weighted by Gasteiger charge is -2.32. The molecule has 1 saturated carbocycles. The Kier molecular flexibility index (Phi) is 8.53. The summed E-state index contributed by atoms with van der Waals surface area (Å²) in [5.74, 6) is -0.667. The molecule has 3 rings (SSSR count). The van der Waals surface area contributed by atoms with E-state index in [0.29, 0.717) is 5.69 Å². The minimum absolute atomic E-state index is 0.126. The summed E-state index contributed by atoms with van der Waals surface area (Å²) in [6.07, 6.45) is 5.12. The topological polar surface area (TPSA) is 86.8 Å². The van der Waals surface area contributed by atoms with E-state index >= 15 is 0 Å². The van der Waals surface area contributed by atoms with Crippen LogP contribution in [0.25, 0.3) is 0 Å². The minimum Gasteiger partial charge on any atom is -0.352 e. The number of hydrogen-bond acceptors (Lipinski definition) is 4. The van der Waals surface area contributed by atoms with Crippen LogP contribution in [-0.2, 0) is 26.2 Å². The molecule has 1 N–H and O–H groups in total. The summed E-state index contributed by atoms with van der Waals surface area (Å²) in [5.41, 5.74) is 1.25. The summed E-state index contributed by atoms with van der Waals surface area (Å²) in [4.78, 5) is 27.9. The minimum atomic E-state index is -3.71. The lowest BCUT2D eigenvalue weighted by Crippen LogP contribution is -2.52. The quantitative estimate of drug-likeness (QED) is 0.530. The van der Waals surface area contributed by atoms with Crippen LogP contribution in [0.2, 0.25) is 0 Å². The fourth-order valence-electron chi connectivity index (χ4n) is 3.97. The van der Waals surface area contributed by atoms with Crippen molar-refractivity contribution >= 4 is 43.5 Å². The molecule has 178 valence electrons. The fraction of sp³-hybridized carbons (Fsp3) is 0.417. The number of halogens is 1. The predicted molar refractivity (Wildman–Crippen MR) is 133 cm³/mol. The molecular weight excluding hydrogens is 506 g/mol. The Morgan fingerprint density at radius 3 is 2.24 bits per heavy atom. The molecule has 2 aromatic carbocycles. The summed E-state index contributed by atoms with van der Waals surface area (Å²) in [6, 6.07) is 15.4. The van der Waals surface area contributed by atoms with E-state index in [-0.39, 0.29) is 25.0 Å². The molecule has 9 heteroatoms. The first kappa shape index (κ1) is 25.2. The van der Waals surface area contributed by atoms with Crippen LogP contribution >= 0.6 is 15.9 Å². The van der Waals surface area contributed by atoms with Crippen LogP contribution in [0.3, 0.4) is 0 Å². The highest BCUT2D eigenvalue weighted by Crippen LogP contribution is 2.21. The summed E-state index contributed by atoms with van der Waals surface area (Å²) in [7, 11) is -3.71. The van der Waals surface area contributed by atoms with E-state index in [1.165, 1.54) is 4.90 Å². The second-order valence-electron chi connectivity index (χ2n) is 8.42.